The lowest BCUT2D eigenvalue weighted by Gasteiger charge is -2.46. The minimum atomic E-state index is -0.584. The zero-order chi connectivity index (χ0) is 20.0. The van der Waals surface area contributed by atoms with E-state index in [-0.39, 0.29) is 6.04 Å². The van der Waals surface area contributed by atoms with Crippen molar-refractivity contribution in [1.29, 1.82) is 0 Å². The van der Waals surface area contributed by atoms with E-state index in [1.165, 1.54) is 12.1 Å². The molecular weight excluding hydrogens is 374 g/mol. The SMILES string of the molecule is C[C@@H](Nc1cnnc2ccc(N3CC4CCC3CO4)cc12)c1ccc(F)cc1F. The fourth-order valence-corrected chi connectivity index (χ4v) is 4.37. The first-order valence-corrected chi connectivity index (χ1v) is 9.93. The lowest BCUT2D eigenvalue weighted by atomic mass is 9.96. The molecular formula is C22H22F2N4O. The van der Waals surface area contributed by atoms with Gasteiger partial charge in [0, 0.05) is 29.2 Å². The first-order chi connectivity index (χ1) is 14.1. The van der Waals surface area contributed by atoms with Gasteiger partial charge in [-0.1, -0.05) is 6.07 Å². The molecule has 4 heterocycles. The molecule has 3 atom stereocenters. The van der Waals surface area contributed by atoms with E-state index in [4.69, 9.17) is 4.74 Å². The van der Waals surface area contributed by atoms with E-state index in [1.54, 1.807) is 6.20 Å². The van der Waals surface area contributed by atoms with Crippen LogP contribution in [0.4, 0.5) is 20.2 Å². The first kappa shape index (κ1) is 18.2. The Labute approximate surface area is 167 Å². The molecule has 3 aromatic rings. The standard InChI is InChI=1S/C22H22F2N4O/c1-13(18-6-2-14(23)8-20(18)24)26-22-10-25-27-21-7-4-15(9-19(21)22)28-11-17-5-3-16(28)12-29-17/h2,4,6-10,13,16-17H,3,5,11-12H2,1H3,(H,26,27)/t13-,16?,17?/m1/s1. The summed E-state index contributed by atoms with van der Waals surface area (Å²) in [7, 11) is 0. The highest BCUT2D eigenvalue weighted by Crippen LogP contribution is 2.34. The predicted octanol–water partition coefficient (Wildman–Crippen LogP) is 4.45. The Bertz CT molecular complexity index is 1050. The van der Waals surface area contributed by atoms with Gasteiger partial charge in [-0.2, -0.15) is 10.2 Å². The van der Waals surface area contributed by atoms with Crippen molar-refractivity contribution in [2.45, 2.75) is 38.0 Å². The molecule has 1 N–H and O–H groups in total. The second-order valence-electron chi connectivity index (χ2n) is 7.83. The Kier molecular flexibility index (Phi) is 4.54. The first-order valence-electron chi connectivity index (χ1n) is 9.93. The summed E-state index contributed by atoms with van der Waals surface area (Å²) >= 11 is 0. The molecule has 0 aliphatic carbocycles. The van der Waals surface area contributed by atoms with Gasteiger partial charge in [0.05, 0.1) is 42.2 Å². The molecule has 0 radical (unpaired) electrons. The van der Waals surface area contributed by atoms with Gasteiger partial charge in [0.15, 0.2) is 0 Å². The molecule has 29 heavy (non-hydrogen) atoms. The molecule has 3 aliphatic rings. The van der Waals surface area contributed by atoms with Crippen molar-refractivity contribution in [3.63, 3.8) is 0 Å². The maximum absolute atomic E-state index is 14.2. The number of hydrogen-bond donors (Lipinski definition) is 1. The Morgan fingerprint density at radius 1 is 1.17 bits per heavy atom. The number of piperidine rings is 1. The van der Waals surface area contributed by atoms with Gasteiger partial charge in [0.1, 0.15) is 11.6 Å². The molecule has 1 aromatic heterocycles. The van der Waals surface area contributed by atoms with Crippen LogP contribution < -0.4 is 10.2 Å². The van der Waals surface area contributed by atoms with Crippen molar-refractivity contribution < 1.29 is 13.5 Å². The minimum absolute atomic E-state index is 0.297. The van der Waals surface area contributed by atoms with Crippen molar-refractivity contribution >= 4 is 22.3 Å². The Balaban J connectivity index is 1.47. The Morgan fingerprint density at radius 2 is 2.07 bits per heavy atom. The summed E-state index contributed by atoms with van der Waals surface area (Å²) in [5.41, 5.74) is 3.07. The monoisotopic (exact) mass is 396 g/mol. The molecule has 150 valence electrons. The van der Waals surface area contributed by atoms with Gasteiger partial charge in [-0.25, -0.2) is 8.78 Å². The second kappa shape index (κ2) is 7.22. The van der Waals surface area contributed by atoms with E-state index in [1.807, 2.05) is 13.0 Å². The molecule has 3 fully saturated rings. The van der Waals surface area contributed by atoms with E-state index >= 15 is 0 Å². The van der Waals surface area contributed by atoms with Crippen molar-refractivity contribution in [2.75, 3.05) is 23.4 Å². The van der Waals surface area contributed by atoms with Crippen molar-refractivity contribution in [1.82, 2.24) is 10.2 Å². The zero-order valence-electron chi connectivity index (χ0n) is 16.1. The van der Waals surface area contributed by atoms with Crippen LogP contribution in [0.15, 0.2) is 42.6 Å². The molecule has 3 aliphatic heterocycles. The van der Waals surface area contributed by atoms with Crippen LogP contribution in [-0.2, 0) is 4.74 Å². The number of nitrogens with zero attached hydrogens (tertiary/aromatic N) is 3. The molecule has 2 unspecified atom stereocenters. The fraction of sp³-hybridized carbons (Fsp3) is 0.364. The van der Waals surface area contributed by atoms with Crippen LogP contribution in [0.3, 0.4) is 0 Å². The number of hydrogen-bond acceptors (Lipinski definition) is 5. The maximum Gasteiger partial charge on any atom is 0.131 e. The molecule has 0 saturated carbocycles. The molecule has 2 aromatic carbocycles. The van der Waals surface area contributed by atoms with Gasteiger partial charge in [0.2, 0.25) is 0 Å². The molecule has 3 saturated heterocycles. The Morgan fingerprint density at radius 3 is 2.79 bits per heavy atom. The van der Waals surface area contributed by atoms with Crippen LogP contribution in [0.2, 0.25) is 0 Å². The van der Waals surface area contributed by atoms with E-state index in [2.05, 4.69) is 32.5 Å². The molecule has 2 bridgehead atoms. The molecule has 6 rings (SSSR count). The van der Waals surface area contributed by atoms with Crippen LogP contribution in [0.1, 0.15) is 31.4 Å². The van der Waals surface area contributed by atoms with Gasteiger partial charge >= 0.3 is 0 Å². The quantitative estimate of drug-likeness (QED) is 0.706. The van der Waals surface area contributed by atoms with Crippen molar-refractivity contribution in [3.8, 4) is 0 Å². The highest BCUT2D eigenvalue weighted by atomic mass is 19.1. The number of fused-ring (bicyclic) bond motifs is 4. The minimum Gasteiger partial charge on any atom is -0.377 e. The molecule has 0 amide bonds. The number of anilines is 2. The smallest absolute Gasteiger partial charge is 0.131 e. The van der Waals surface area contributed by atoms with Crippen molar-refractivity contribution in [2.24, 2.45) is 0 Å². The van der Waals surface area contributed by atoms with Crippen LogP contribution in [-0.4, -0.2) is 35.5 Å². The number of nitrogens with one attached hydrogen (secondary N) is 1. The molecule has 0 spiro atoms. The number of aromatic nitrogens is 2. The van der Waals surface area contributed by atoms with Gasteiger partial charge in [0.25, 0.3) is 0 Å². The lowest BCUT2D eigenvalue weighted by molar-refractivity contribution is -0.0225. The van der Waals surface area contributed by atoms with Crippen molar-refractivity contribution in [3.05, 3.63) is 59.8 Å². The highest BCUT2D eigenvalue weighted by Gasteiger charge is 2.34. The van der Waals surface area contributed by atoms with E-state index in [9.17, 15) is 8.78 Å². The molecule has 7 heteroatoms. The zero-order valence-corrected chi connectivity index (χ0v) is 16.1. The maximum atomic E-state index is 14.2. The summed E-state index contributed by atoms with van der Waals surface area (Å²) in [5.74, 6) is -1.15. The predicted molar refractivity (Wildman–Crippen MR) is 108 cm³/mol. The summed E-state index contributed by atoms with van der Waals surface area (Å²) in [6.07, 6.45) is 4.21. The number of ether oxygens (including phenoxy) is 1. The van der Waals surface area contributed by atoms with Crippen LogP contribution in [0.5, 0.6) is 0 Å². The Hall–Kier alpha value is -2.80. The normalized spacial score (nSPS) is 22.1. The average molecular weight is 396 g/mol. The van der Waals surface area contributed by atoms with Gasteiger partial charge in [-0.15, -0.1) is 0 Å². The number of morpholine rings is 1. The largest absolute Gasteiger partial charge is 0.377 e. The number of rotatable bonds is 4. The van der Waals surface area contributed by atoms with Crippen LogP contribution in [0.25, 0.3) is 10.9 Å². The van der Waals surface area contributed by atoms with Crippen LogP contribution in [0, 0.1) is 11.6 Å². The van der Waals surface area contributed by atoms with E-state index < -0.39 is 11.6 Å². The third kappa shape index (κ3) is 3.40. The average Bonchev–Trinajstić information content (AvgIpc) is 2.74. The number of benzene rings is 2. The lowest BCUT2D eigenvalue weighted by Crippen LogP contribution is -2.54. The summed E-state index contributed by atoms with van der Waals surface area (Å²) in [5, 5.41) is 12.5. The van der Waals surface area contributed by atoms with Gasteiger partial charge in [-0.3, -0.25) is 0 Å². The molecule has 5 nitrogen and oxygen atoms in total. The fourth-order valence-electron chi connectivity index (χ4n) is 4.37. The summed E-state index contributed by atoms with van der Waals surface area (Å²) in [6.45, 7) is 3.51. The summed E-state index contributed by atoms with van der Waals surface area (Å²) in [6, 6.07) is 9.84. The van der Waals surface area contributed by atoms with Crippen LogP contribution >= 0.6 is 0 Å². The van der Waals surface area contributed by atoms with E-state index in [0.29, 0.717) is 17.7 Å². The summed E-state index contributed by atoms with van der Waals surface area (Å²) < 4.78 is 33.2. The highest BCUT2D eigenvalue weighted by molar-refractivity contribution is 5.93. The van der Waals surface area contributed by atoms with Gasteiger partial charge in [-0.05, 0) is 44.0 Å². The summed E-state index contributed by atoms with van der Waals surface area (Å²) in [4.78, 5) is 2.41. The van der Waals surface area contributed by atoms with E-state index in [0.717, 1.165) is 54.3 Å². The third-order valence-electron chi connectivity index (χ3n) is 5.94. The number of halogens is 2. The van der Waals surface area contributed by atoms with Gasteiger partial charge < -0.3 is 15.0 Å². The topological polar surface area (TPSA) is 50.3 Å². The third-order valence-corrected chi connectivity index (χ3v) is 5.94. The second-order valence-corrected chi connectivity index (χ2v) is 7.83.